The minimum atomic E-state index is -0.139. The Morgan fingerprint density at radius 3 is 3.11 bits per heavy atom. The molecule has 0 radical (unpaired) electrons. The van der Waals surface area contributed by atoms with Gasteiger partial charge in [0.05, 0.1) is 5.39 Å². The molecule has 19 heavy (non-hydrogen) atoms. The number of H-pyrrole nitrogens is 1. The molecule has 5 heteroatoms. The number of rotatable bonds is 1. The standard InChI is InChI=1S/C14H11FN4/c15-11-2-1-3-12-9(11)5-7-19(12)14-10-4-6-16-13(10)17-8-18-14/h1-4,6,8H,5,7H2,(H,16,17,18). The summed E-state index contributed by atoms with van der Waals surface area (Å²) in [5.41, 5.74) is 2.47. The molecule has 1 aliphatic rings. The Hall–Kier alpha value is -2.43. The molecule has 2 aromatic heterocycles. The second-order valence-corrected chi connectivity index (χ2v) is 4.58. The summed E-state index contributed by atoms with van der Waals surface area (Å²) in [6, 6.07) is 7.13. The lowest BCUT2D eigenvalue weighted by Gasteiger charge is -2.18. The molecule has 1 aromatic carbocycles. The second-order valence-electron chi connectivity index (χ2n) is 4.58. The van der Waals surface area contributed by atoms with E-state index in [1.165, 1.54) is 12.4 Å². The van der Waals surface area contributed by atoms with Gasteiger partial charge in [-0.05, 0) is 24.6 Å². The van der Waals surface area contributed by atoms with Crippen molar-refractivity contribution >= 4 is 22.5 Å². The smallest absolute Gasteiger partial charge is 0.145 e. The van der Waals surface area contributed by atoms with Crippen molar-refractivity contribution in [2.24, 2.45) is 0 Å². The molecule has 0 bridgehead atoms. The molecule has 0 fully saturated rings. The van der Waals surface area contributed by atoms with Crippen LogP contribution in [0.4, 0.5) is 15.9 Å². The van der Waals surface area contributed by atoms with E-state index >= 15 is 0 Å². The first kappa shape index (κ1) is 10.5. The predicted octanol–water partition coefficient (Wildman–Crippen LogP) is 2.79. The van der Waals surface area contributed by atoms with Crippen LogP contribution in [0.2, 0.25) is 0 Å². The van der Waals surface area contributed by atoms with Gasteiger partial charge in [0.25, 0.3) is 0 Å². The highest BCUT2D eigenvalue weighted by Crippen LogP contribution is 2.37. The summed E-state index contributed by atoms with van der Waals surface area (Å²) in [6.45, 7) is 0.744. The van der Waals surface area contributed by atoms with Crippen LogP contribution in [0.25, 0.3) is 11.0 Å². The molecule has 0 amide bonds. The van der Waals surface area contributed by atoms with Crippen molar-refractivity contribution in [3.05, 3.63) is 48.2 Å². The van der Waals surface area contributed by atoms with Crippen LogP contribution >= 0.6 is 0 Å². The molecule has 94 valence electrons. The van der Waals surface area contributed by atoms with Gasteiger partial charge in [-0.1, -0.05) is 6.07 Å². The van der Waals surface area contributed by atoms with Crippen molar-refractivity contribution in [3.8, 4) is 0 Å². The highest BCUT2D eigenvalue weighted by molar-refractivity contribution is 5.90. The van der Waals surface area contributed by atoms with Crippen LogP contribution in [0.3, 0.4) is 0 Å². The van der Waals surface area contributed by atoms with Crippen LogP contribution in [0, 0.1) is 5.82 Å². The number of aromatic nitrogens is 3. The SMILES string of the molecule is Fc1cccc2c1CCN2c1ncnc2[nH]ccc12. The van der Waals surface area contributed by atoms with Crippen molar-refractivity contribution in [3.63, 3.8) is 0 Å². The fourth-order valence-corrected chi connectivity index (χ4v) is 2.69. The molecule has 0 spiro atoms. The molecule has 3 heterocycles. The molecular formula is C14H11FN4. The van der Waals surface area contributed by atoms with Crippen molar-refractivity contribution in [2.45, 2.75) is 6.42 Å². The summed E-state index contributed by atoms with van der Waals surface area (Å²) < 4.78 is 13.8. The first-order valence-corrected chi connectivity index (χ1v) is 6.17. The van der Waals surface area contributed by atoms with E-state index in [-0.39, 0.29) is 5.82 Å². The molecule has 4 nitrogen and oxygen atoms in total. The molecule has 0 aliphatic carbocycles. The van der Waals surface area contributed by atoms with Crippen molar-refractivity contribution in [2.75, 3.05) is 11.4 Å². The lowest BCUT2D eigenvalue weighted by Crippen LogP contribution is -2.15. The zero-order chi connectivity index (χ0) is 12.8. The van der Waals surface area contributed by atoms with Crippen molar-refractivity contribution in [1.82, 2.24) is 15.0 Å². The summed E-state index contributed by atoms with van der Waals surface area (Å²) in [7, 11) is 0. The van der Waals surface area contributed by atoms with Crippen molar-refractivity contribution < 1.29 is 4.39 Å². The van der Waals surface area contributed by atoms with Gasteiger partial charge in [0, 0.05) is 24.0 Å². The molecule has 0 unspecified atom stereocenters. The van der Waals surface area contributed by atoms with Crippen LogP contribution in [0.15, 0.2) is 36.8 Å². The number of nitrogens with one attached hydrogen (secondary N) is 1. The molecular weight excluding hydrogens is 243 g/mol. The average molecular weight is 254 g/mol. The third-order valence-corrected chi connectivity index (χ3v) is 3.56. The summed E-state index contributed by atoms with van der Waals surface area (Å²) in [4.78, 5) is 13.7. The Morgan fingerprint density at radius 1 is 1.21 bits per heavy atom. The van der Waals surface area contributed by atoms with E-state index in [1.807, 2.05) is 18.3 Å². The summed E-state index contributed by atoms with van der Waals surface area (Å²) in [6.07, 6.45) is 4.08. The monoisotopic (exact) mass is 254 g/mol. The normalized spacial score (nSPS) is 14.1. The average Bonchev–Trinajstić information content (AvgIpc) is 3.05. The molecule has 0 saturated heterocycles. The second kappa shape index (κ2) is 3.78. The summed E-state index contributed by atoms with van der Waals surface area (Å²) in [5.74, 6) is 0.690. The lowest BCUT2D eigenvalue weighted by molar-refractivity contribution is 0.615. The van der Waals surface area contributed by atoms with Gasteiger partial charge in [0.1, 0.15) is 23.6 Å². The first-order valence-electron chi connectivity index (χ1n) is 6.17. The van der Waals surface area contributed by atoms with E-state index in [4.69, 9.17) is 0 Å². The van der Waals surface area contributed by atoms with E-state index < -0.39 is 0 Å². The minimum absolute atomic E-state index is 0.139. The van der Waals surface area contributed by atoms with Crippen LogP contribution in [-0.2, 0) is 6.42 Å². The maximum absolute atomic E-state index is 13.8. The topological polar surface area (TPSA) is 44.8 Å². The van der Waals surface area contributed by atoms with E-state index in [0.717, 1.165) is 34.6 Å². The Balaban J connectivity index is 1.92. The molecule has 3 aromatic rings. The number of aromatic amines is 1. The molecule has 4 rings (SSSR count). The molecule has 0 saturated carbocycles. The minimum Gasteiger partial charge on any atom is -0.346 e. The van der Waals surface area contributed by atoms with Crippen LogP contribution in [0.5, 0.6) is 0 Å². The number of nitrogens with zero attached hydrogens (tertiary/aromatic N) is 3. The third-order valence-electron chi connectivity index (χ3n) is 3.56. The molecule has 1 aliphatic heterocycles. The van der Waals surface area contributed by atoms with Gasteiger partial charge in [-0.2, -0.15) is 0 Å². The number of hydrogen-bond donors (Lipinski definition) is 1. The van der Waals surface area contributed by atoms with Gasteiger partial charge < -0.3 is 9.88 Å². The van der Waals surface area contributed by atoms with Crippen molar-refractivity contribution in [1.29, 1.82) is 0 Å². The Bertz CT molecular complexity index is 765. The zero-order valence-corrected chi connectivity index (χ0v) is 10.1. The Kier molecular flexibility index (Phi) is 2.09. The van der Waals surface area contributed by atoms with Crippen LogP contribution in [-0.4, -0.2) is 21.5 Å². The quantitative estimate of drug-likeness (QED) is 0.726. The maximum Gasteiger partial charge on any atom is 0.145 e. The number of fused-ring (bicyclic) bond motifs is 2. The number of anilines is 2. The van der Waals surface area contributed by atoms with E-state index in [9.17, 15) is 4.39 Å². The third kappa shape index (κ3) is 1.44. The predicted molar refractivity (Wildman–Crippen MR) is 71.0 cm³/mol. The van der Waals surface area contributed by atoms with Gasteiger partial charge in [0.15, 0.2) is 0 Å². The van der Waals surface area contributed by atoms with E-state index in [0.29, 0.717) is 6.42 Å². The highest BCUT2D eigenvalue weighted by Gasteiger charge is 2.25. The van der Waals surface area contributed by atoms with Gasteiger partial charge in [-0.3, -0.25) is 0 Å². The molecule has 1 N–H and O–H groups in total. The van der Waals surface area contributed by atoms with Gasteiger partial charge in [-0.15, -0.1) is 0 Å². The Morgan fingerprint density at radius 2 is 2.16 bits per heavy atom. The fourth-order valence-electron chi connectivity index (χ4n) is 2.69. The highest BCUT2D eigenvalue weighted by atomic mass is 19.1. The van der Waals surface area contributed by atoms with Gasteiger partial charge in [-0.25, -0.2) is 14.4 Å². The lowest BCUT2D eigenvalue weighted by atomic mass is 10.1. The fraction of sp³-hybridized carbons (Fsp3) is 0.143. The number of halogens is 1. The van der Waals surface area contributed by atoms with E-state index in [2.05, 4.69) is 19.9 Å². The molecule has 0 atom stereocenters. The summed E-state index contributed by atoms with van der Waals surface area (Å²) >= 11 is 0. The largest absolute Gasteiger partial charge is 0.346 e. The maximum atomic E-state index is 13.8. The van der Waals surface area contributed by atoms with Gasteiger partial charge >= 0.3 is 0 Å². The zero-order valence-electron chi connectivity index (χ0n) is 10.1. The summed E-state index contributed by atoms with van der Waals surface area (Å²) in [5, 5.41) is 0.958. The Labute approximate surface area is 108 Å². The van der Waals surface area contributed by atoms with E-state index in [1.54, 1.807) is 6.07 Å². The van der Waals surface area contributed by atoms with Crippen LogP contribution < -0.4 is 4.90 Å². The first-order chi connectivity index (χ1) is 9.34. The van der Waals surface area contributed by atoms with Gasteiger partial charge in [0.2, 0.25) is 0 Å². The number of hydrogen-bond acceptors (Lipinski definition) is 3. The van der Waals surface area contributed by atoms with Crippen LogP contribution in [0.1, 0.15) is 5.56 Å². The number of benzene rings is 1.